The van der Waals surface area contributed by atoms with Crippen LogP contribution in [0, 0.1) is 11.8 Å². The highest BCUT2D eigenvalue weighted by atomic mass is 16.5. The molecule has 0 aromatic heterocycles. The zero-order valence-electron chi connectivity index (χ0n) is 11.3. The Morgan fingerprint density at radius 3 is 1.94 bits per heavy atom. The van der Waals surface area contributed by atoms with Crippen LogP contribution in [-0.4, -0.2) is 48.3 Å². The maximum Gasteiger partial charge on any atom is 0.209 e. The van der Waals surface area contributed by atoms with Crippen molar-refractivity contribution < 1.29 is 14.6 Å². The first kappa shape index (κ1) is 14.5. The largest absolute Gasteiger partial charge is 0.393 e. The van der Waals surface area contributed by atoms with Crippen LogP contribution in [0.4, 0.5) is 0 Å². The van der Waals surface area contributed by atoms with E-state index in [-0.39, 0.29) is 11.7 Å². The van der Waals surface area contributed by atoms with Crippen LogP contribution in [0.15, 0.2) is 0 Å². The number of amides is 1. The summed E-state index contributed by atoms with van der Waals surface area (Å²) in [4.78, 5) is 12.2. The van der Waals surface area contributed by atoms with E-state index in [0.29, 0.717) is 11.8 Å². The quantitative estimate of drug-likeness (QED) is 0.706. The van der Waals surface area contributed by atoms with Crippen molar-refractivity contribution in [3.8, 4) is 0 Å². The summed E-state index contributed by atoms with van der Waals surface area (Å²) < 4.78 is 4.94. The molecule has 4 nitrogen and oxygen atoms in total. The van der Waals surface area contributed by atoms with Gasteiger partial charge in [0.25, 0.3) is 0 Å². The summed E-state index contributed by atoms with van der Waals surface area (Å²) in [5.41, 5.74) is 0.0417. The first-order valence-electron chi connectivity index (χ1n) is 6.28. The van der Waals surface area contributed by atoms with E-state index in [1.165, 1.54) is 0 Å². The third-order valence-electron chi connectivity index (χ3n) is 3.52. The van der Waals surface area contributed by atoms with Crippen LogP contribution in [0.25, 0.3) is 0 Å². The second kappa shape index (κ2) is 5.83. The van der Waals surface area contributed by atoms with Gasteiger partial charge in [-0.05, 0) is 45.4 Å². The van der Waals surface area contributed by atoms with Gasteiger partial charge < -0.3 is 14.7 Å². The molecule has 1 N–H and O–H groups in total. The summed E-state index contributed by atoms with van der Waals surface area (Å²) in [6, 6.07) is 0. The molecule has 2 fully saturated rings. The van der Waals surface area contributed by atoms with Crippen molar-refractivity contribution in [1.29, 1.82) is 0 Å². The summed E-state index contributed by atoms with van der Waals surface area (Å²) in [6.45, 7) is 7.80. The number of nitrogens with zero attached hydrogens (tertiary/aromatic N) is 1. The molecule has 100 valence electrons. The first-order chi connectivity index (χ1) is 7.85. The number of fused-ring (bicyclic) bond motifs is 1. The molecule has 0 spiro atoms. The molecule has 0 bridgehead atoms. The number of likely N-dealkylation sites (tertiary alicyclic amines) is 1. The fraction of sp³-hybridized carbons (Fsp3) is 0.923. The lowest BCUT2D eigenvalue weighted by Gasteiger charge is -2.14. The van der Waals surface area contributed by atoms with Crippen molar-refractivity contribution in [3.63, 3.8) is 0 Å². The van der Waals surface area contributed by atoms with E-state index in [1.54, 1.807) is 7.11 Å². The lowest BCUT2D eigenvalue weighted by molar-refractivity contribution is -0.117. The smallest absolute Gasteiger partial charge is 0.209 e. The highest BCUT2D eigenvalue weighted by Crippen LogP contribution is 2.37. The van der Waals surface area contributed by atoms with E-state index in [0.717, 1.165) is 32.3 Å². The molecule has 1 saturated heterocycles. The normalized spacial score (nSPS) is 31.8. The third-order valence-corrected chi connectivity index (χ3v) is 3.52. The Labute approximate surface area is 104 Å². The molecule has 4 heteroatoms. The number of hydrogen-bond acceptors (Lipinski definition) is 3. The number of carbonyl (C=O) groups is 1. The molecule has 2 aliphatic rings. The molecule has 2 atom stereocenters. The predicted molar refractivity (Wildman–Crippen MR) is 66.6 cm³/mol. The van der Waals surface area contributed by atoms with Gasteiger partial charge in [-0.3, -0.25) is 4.79 Å². The highest BCUT2D eigenvalue weighted by molar-refractivity contribution is 5.47. The summed E-state index contributed by atoms with van der Waals surface area (Å²) in [6.07, 6.45) is 2.62. The monoisotopic (exact) mass is 243 g/mol. The summed E-state index contributed by atoms with van der Waals surface area (Å²) >= 11 is 0. The Bertz CT molecular complexity index is 236. The topological polar surface area (TPSA) is 49.8 Å². The van der Waals surface area contributed by atoms with Gasteiger partial charge >= 0.3 is 0 Å². The van der Waals surface area contributed by atoms with E-state index in [4.69, 9.17) is 4.74 Å². The molecular weight excluding hydrogens is 218 g/mol. The van der Waals surface area contributed by atoms with Gasteiger partial charge in [0.05, 0.1) is 11.7 Å². The molecule has 1 amide bonds. The zero-order valence-corrected chi connectivity index (χ0v) is 11.3. The van der Waals surface area contributed by atoms with Crippen molar-refractivity contribution in [2.75, 3.05) is 20.2 Å². The number of carbonyl (C=O) groups excluding carboxylic acids is 1. The van der Waals surface area contributed by atoms with E-state index >= 15 is 0 Å². The molecule has 0 radical (unpaired) electrons. The van der Waals surface area contributed by atoms with E-state index in [9.17, 15) is 9.90 Å². The van der Waals surface area contributed by atoms with Gasteiger partial charge in [0, 0.05) is 20.2 Å². The SMILES string of the molecule is COC(C)(C)C.O=CN1CC2CC(O)CC2C1. The van der Waals surface area contributed by atoms with Crippen LogP contribution in [0.5, 0.6) is 0 Å². The fourth-order valence-corrected chi connectivity index (χ4v) is 2.39. The van der Waals surface area contributed by atoms with E-state index in [1.807, 2.05) is 25.7 Å². The van der Waals surface area contributed by atoms with Crippen LogP contribution in [-0.2, 0) is 9.53 Å². The summed E-state index contributed by atoms with van der Waals surface area (Å²) in [7, 11) is 1.71. The minimum Gasteiger partial charge on any atom is -0.393 e. The lowest BCUT2D eigenvalue weighted by atomic mass is 10.0. The average molecular weight is 243 g/mol. The number of hydrogen-bond donors (Lipinski definition) is 1. The summed E-state index contributed by atoms with van der Waals surface area (Å²) in [5.74, 6) is 1.16. The van der Waals surface area contributed by atoms with Crippen LogP contribution in [0.3, 0.4) is 0 Å². The van der Waals surface area contributed by atoms with Gasteiger partial charge in [-0.25, -0.2) is 0 Å². The van der Waals surface area contributed by atoms with Crippen molar-refractivity contribution in [1.82, 2.24) is 4.90 Å². The van der Waals surface area contributed by atoms with Crippen molar-refractivity contribution in [2.45, 2.75) is 45.3 Å². The second-order valence-corrected chi connectivity index (χ2v) is 6.02. The Morgan fingerprint density at radius 1 is 1.24 bits per heavy atom. The molecule has 17 heavy (non-hydrogen) atoms. The Kier molecular flexibility index (Phi) is 4.95. The molecule has 1 aliphatic carbocycles. The predicted octanol–water partition coefficient (Wildman–Crippen LogP) is 1.28. The van der Waals surface area contributed by atoms with Crippen molar-refractivity contribution in [3.05, 3.63) is 0 Å². The minimum absolute atomic E-state index is 0.0417. The second-order valence-electron chi connectivity index (χ2n) is 6.02. The van der Waals surface area contributed by atoms with Crippen molar-refractivity contribution >= 4 is 6.41 Å². The van der Waals surface area contributed by atoms with Gasteiger partial charge in [0.1, 0.15) is 0 Å². The van der Waals surface area contributed by atoms with E-state index < -0.39 is 0 Å². The molecular formula is C13H25NO3. The van der Waals surface area contributed by atoms with Gasteiger partial charge in [0.15, 0.2) is 0 Å². The summed E-state index contributed by atoms with van der Waals surface area (Å²) in [5, 5.41) is 9.29. The average Bonchev–Trinajstić information content (AvgIpc) is 2.74. The lowest BCUT2D eigenvalue weighted by Crippen LogP contribution is -2.20. The number of methoxy groups -OCH3 is 1. The number of aliphatic hydroxyl groups excluding tert-OH is 1. The number of ether oxygens (including phenoxy) is 1. The fourth-order valence-electron chi connectivity index (χ4n) is 2.39. The molecule has 1 saturated carbocycles. The van der Waals surface area contributed by atoms with Gasteiger partial charge in [-0.15, -0.1) is 0 Å². The maximum absolute atomic E-state index is 10.4. The molecule has 2 rings (SSSR count). The zero-order chi connectivity index (χ0) is 13.1. The van der Waals surface area contributed by atoms with Crippen LogP contribution in [0.1, 0.15) is 33.6 Å². The molecule has 0 aromatic carbocycles. The van der Waals surface area contributed by atoms with Crippen LogP contribution >= 0.6 is 0 Å². The Balaban J connectivity index is 0.000000209. The standard InChI is InChI=1S/C8H13NO2.C5H12O/c10-5-9-3-6-1-8(11)2-7(6)4-9;1-5(2,3)6-4/h5-8,11H,1-4H2;1-4H3. The van der Waals surface area contributed by atoms with Crippen molar-refractivity contribution in [2.24, 2.45) is 11.8 Å². The molecule has 1 heterocycles. The van der Waals surface area contributed by atoms with Gasteiger partial charge in [0.2, 0.25) is 6.41 Å². The number of rotatable bonds is 1. The van der Waals surface area contributed by atoms with Gasteiger partial charge in [-0.2, -0.15) is 0 Å². The number of aliphatic hydroxyl groups is 1. The third kappa shape index (κ3) is 4.64. The first-order valence-corrected chi connectivity index (χ1v) is 6.28. The highest BCUT2D eigenvalue weighted by Gasteiger charge is 2.39. The van der Waals surface area contributed by atoms with Gasteiger partial charge in [-0.1, -0.05) is 0 Å². The molecule has 0 aromatic rings. The molecule has 1 aliphatic heterocycles. The Hall–Kier alpha value is -0.610. The maximum atomic E-state index is 10.4. The van der Waals surface area contributed by atoms with Crippen LogP contribution in [0.2, 0.25) is 0 Å². The van der Waals surface area contributed by atoms with E-state index in [2.05, 4.69) is 0 Å². The molecule has 2 unspecified atom stereocenters. The minimum atomic E-state index is -0.0983. The van der Waals surface area contributed by atoms with Crippen LogP contribution < -0.4 is 0 Å². The Morgan fingerprint density at radius 2 is 1.65 bits per heavy atom.